The Hall–Kier alpha value is 0.456. The fraction of sp³-hybridized carbons (Fsp3) is 0. The molecule has 0 fully saturated rings. The third-order valence-corrected chi connectivity index (χ3v) is 0. The molecule has 8 N–H and O–H groups in total. The molecule has 0 unspecified atom stereocenters. The van der Waals surface area contributed by atoms with Gasteiger partial charge in [-0.05, 0) is 0 Å². The normalized spacial score (nSPS) is 4.36. The van der Waals surface area contributed by atoms with Gasteiger partial charge >= 0.3 is 6.03 Å². The van der Waals surface area contributed by atoms with Crippen LogP contribution in [0.15, 0.2) is 0 Å². The summed E-state index contributed by atoms with van der Waals surface area (Å²) in [5.41, 5.74) is 8.50. The van der Waals surface area contributed by atoms with Gasteiger partial charge in [0.15, 0.2) is 0 Å². The fourth-order valence-electron chi connectivity index (χ4n) is 0. The predicted molar refractivity (Wildman–Crippen MR) is 41.6 cm³/mol. The maximum absolute atomic E-state index is 9.00. The molecule has 0 aliphatic rings. The number of hydrogen-bond acceptors (Lipinski definition) is 4. The summed E-state index contributed by atoms with van der Waals surface area (Å²) >= 11 is 0. The molecule has 0 saturated heterocycles. The molecule has 10 heteroatoms. The van der Waals surface area contributed by atoms with Gasteiger partial charge in [-0.1, -0.05) is 0 Å². The molecule has 0 rings (SSSR count). The van der Waals surface area contributed by atoms with E-state index in [2.05, 4.69) is 11.5 Å². The second-order valence-electron chi connectivity index (χ2n) is 0.626. The third kappa shape index (κ3) is 3600. The van der Waals surface area contributed by atoms with E-state index >= 15 is 0 Å². The zero-order chi connectivity index (χ0) is 7.15. The van der Waals surface area contributed by atoms with Crippen molar-refractivity contribution in [1.29, 1.82) is 0 Å². The molecule has 4 radical (unpaired) electrons. The summed E-state index contributed by atoms with van der Waals surface area (Å²) in [5, 5.41) is 14.8. The van der Waals surface area contributed by atoms with Crippen LogP contribution in [-0.4, -0.2) is 71.9 Å². The van der Waals surface area contributed by atoms with Gasteiger partial charge in [0.2, 0.25) is 0 Å². The first-order valence-corrected chi connectivity index (χ1v) is 1.33. The van der Waals surface area contributed by atoms with E-state index in [4.69, 9.17) is 20.1 Å². The van der Waals surface area contributed by atoms with Gasteiger partial charge in [0, 0.05) is 60.8 Å². The first-order chi connectivity index (χ1) is 3.46. The van der Waals surface area contributed by atoms with Gasteiger partial charge in [-0.15, -0.1) is 0 Å². The Bertz CT molecular complexity index is 80.1. The van der Waals surface area contributed by atoms with Crippen molar-refractivity contribution in [1.82, 2.24) is 6.15 Å². The van der Waals surface area contributed by atoms with E-state index in [9.17, 15) is 0 Å². The number of carbonyl (C=O) groups excluding carboxylic acids is 1. The van der Waals surface area contributed by atoms with Crippen LogP contribution < -0.4 is 17.6 Å². The molecular weight excluding hydrogens is 196 g/mol. The van der Waals surface area contributed by atoms with Crippen LogP contribution in [0.3, 0.4) is 0 Å². The summed E-state index contributed by atoms with van der Waals surface area (Å²) in [7, 11) is 0. The number of quaternary nitrogens is 1. The van der Waals surface area contributed by atoms with E-state index in [0.717, 1.165) is 0 Å². The van der Waals surface area contributed by atoms with E-state index in [1.807, 2.05) is 0 Å². The second-order valence-corrected chi connectivity index (χ2v) is 0.626. The van der Waals surface area contributed by atoms with Gasteiger partial charge in [-0.3, -0.25) is 0 Å². The Morgan fingerprint density at radius 2 is 1.27 bits per heavy atom. The molecule has 0 atom stereocenters. The van der Waals surface area contributed by atoms with Crippen LogP contribution in [0.5, 0.6) is 0 Å². The van der Waals surface area contributed by atoms with E-state index in [1.54, 1.807) is 0 Å². The fourth-order valence-corrected chi connectivity index (χ4v) is 0. The average Bonchev–Trinajstić information content (AvgIpc) is 1.25. The molecular formula is CH8CaMgN4O4. The van der Waals surface area contributed by atoms with Crippen molar-refractivity contribution >= 4 is 66.8 Å². The molecule has 0 heterocycles. The molecule has 0 aromatic carbocycles. The van der Waals surface area contributed by atoms with Gasteiger partial charge in [0.1, 0.15) is 0 Å². The minimum Gasteiger partial charge on any atom is -0.369 e. The molecule has 0 aromatic heterocycles. The monoisotopic (exact) mass is 204 g/mol. The first-order valence-electron chi connectivity index (χ1n) is 1.33. The van der Waals surface area contributed by atoms with Crippen molar-refractivity contribution in [2.45, 2.75) is 0 Å². The Morgan fingerprint density at radius 3 is 1.27 bits per heavy atom. The average molecular weight is 204 g/mol. The molecule has 0 aliphatic carbocycles. The molecule has 0 spiro atoms. The largest absolute Gasteiger partial charge is 0.369 e. The summed E-state index contributed by atoms with van der Waals surface area (Å²) in [6.07, 6.45) is 0. The molecule has 2 amide bonds. The van der Waals surface area contributed by atoms with Gasteiger partial charge in [0.05, 0.1) is 5.09 Å². The number of rotatable bonds is 0. The Balaban J connectivity index is -0.0000000171. The van der Waals surface area contributed by atoms with E-state index < -0.39 is 11.1 Å². The smallest absolute Gasteiger partial charge is 0.309 e. The maximum Gasteiger partial charge on any atom is 0.309 e. The third-order valence-electron chi connectivity index (χ3n) is 0. The van der Waals surface area contributed by atoms with E-state index in [-0.39, 0.29) is 66.9 Å². The predicted octanol–water partition coefficient (Wildman–Crippen LogP) is -1.60. The molecule has 8 nitrogen and oxygen atoms in total. The Labute approximate surface area is 109 Å². The number of carbonyl (C=O) groups is 1. The van der Waals surface area contributed by atoms with Crippen molar-refractivity contribution in [3.63, 3.8) is 0 Å². The summed E-state index contributed by atoms with van der Waals surface area (Å²) in [5.74, 6) is 0. The van der Waals surface area contributed by atoms with Crippen molar-refractivity contribution in [2.75, 3.05) is 0 Å². The van der Waals surface area contributed by atoms with Crippen LogP contribution in [0.4, 0.5) is 4.79 Å². The number of nitrogens with two attached hydrogens (primary N) is 2. The van der Waals surface area contributed by atoms with Crippen LogP contribution in [-0.2, 0) is 0 Å². The molecule has 0 aromatic rings. The van der Waals surface area contributed by atoms with E-state index in [0.29, 0.717) is 0 Å². The van der Waals surface area contributed by atoms with Gasteiger partial charge in [0.25, 0.3) is 0 Å². The minimum atomic E-state index is -1.75. The minimum absolute atomic E-state index is 0. The van der Waals surface area contributed by atoms with E-state index in [1.165, 1.54) is 0 Å². The summed E-state index contributed by atoms with van der Waals surface area (Å²) in [4.78, 5) is 17.2. The van der Waals surface area contributed by atoms with Crippen molar-refractivity contribution in [2.24, 2.45) is 11.5 Å². The van der Waals surface area contributed by atoms with Crippen LogP contribution in [0.2, 0.25) is 0 Å². The van der Waals surface area contributed by atoms with Gasteiger partial charge in [-0.25, -0.2) is 4.79 Å². The van der Waals surface area contributed by atoms with Gasteiger partial charge in [-0.2, -0.15) is 0 Å². The summed E-state index contributed by atoms with van der Waals surface area (Å²) < 4.78 is 0. The number of hydrogen-bond donors (Lipinski definition) is 3. The molecule has 11 heavy (non-hydrogen) atoms. The van der Waals surface area contributed by atoms with Crippen LogP contribution in [0.1, 0.15) is 0 Å². The second kappa shape index (κ2) is 22.4. The standard InChI is InChI=1S/CH4N2O.Ca.Mg.NO3.H3N/c2-1(3)4;;;2-1(3)4;/h(H4,2,3,4);;;;1H3/q;;;-1;/p+1. The Morgan fingerprint density at radius 1 is 1.27 bits per heavy atom. The van der Waals surface area contributed by atoms with Crippen molar-refractivity contribution < 1.29 is 9.88 Å². The molecule has 0 saturated carbocycles. The number of nitrogens with zero attached hydrogens (tertiary/aromatic N) is 1. The van der Waals surface area contributed by atoms with Crippen molar-refractivity contribution in [3.05, 3.63) is 15.3 Å². The van der Waals surface area contributed by atoms with Gasteiger partial charge < -0.3 is 32.9 Å². The summed E-state index contributed by atoms with van der Waals surface area (Å²) in [6.45, 7) is 0. The molecule has 0 aliphatic heterocycles. The van der Waals surface area contributed by atoms with Crippen LogP contribution in [0, 0.1) is 15.3 Å². The number of amides is 2. The Kier molecular flexibility index (Phi) is 61.3. The molecule has 0 bridgehead atoms. The number of primary amides is 2. The topological polar surface area (TPSA) is 172 Å². The number of urea groups is 1. The van der Waals surface area contributed by atoms with Crippen molar-refractivity contribution in [3.8, 4) is 0 Å². The SMILES string of the molecule is NC(N)=O.O=[N+]([O-])[O-].[Ca].[Mg].[NH4+]. The van der Waals surface area contributed by atoms with Crippen LogP contribution >= 0.6 is 0 Å². The quantitative estimate of drug-likeness (QED) is 0.245. The zero-order valence-electron chi connectivity index (χ0n) is 6.15. The first kappa shape index (κ1) is 30.0. The van der Waals surface area contributed by atoms with Crippen LogP contribution in [0.25, 0.3) is 0 Å². The molecule has 60 valence electrons. The maximum atomic E-state index is 9.00. The zero-order valence-corrected chi connectivity index (χ0v) is 9.77. The summed E-state index contributed by atoms with van der Waals surface area (Å²) in [6, 6.07) is -0.833.